The molecule has 0 bridgehead atoms. The number of piperazine rings is 1. The molecule has 0 aliphatic carbocycles. The molecule has 1 aliphatic heterocycles. The van der Waals surface area contributed by atoms with Crippen molar-refractivity contribution >= 4 is 10.0 Å². The van der Waals surface area contributed by atoms with E-state index in [1.807, 2.05) is 13.8 Å². The van der Waals surface area contributed by atoms with Crippen LogP contribution in [-0.2, 0) is 10.0 Å². The van der Waals surface area contributed by atoms with Gasteiger partial charge in [-0.2, -0.15) is 4.31 Å². The molecule has 0 radical (unpaired) electrons. The average Bonchev–Trinajstić information content (AvgIpc) is 2.15. The van der Waals surface area contributed by atoms with Gasteiger partial charge in [-0.05, 0) is 11.8 Å². The summed E-state index contributed by atoms with van der Waals surface area (Å²) in [5, 5.41) is 0. The van der Waals surface area contributed by atoms with Crippen LogP contribution >= 0.6 is 0 Å². The van der Waals surface area contributed by atoms with Crippen LogP contribution in [0.4, 0.5) is 0 Å². The van der Waals surface area contributed by atoms with E-state index >= 15 is 0 Å². The van der Waals surface area contributed by atoms with Crippen molar-refractivity contribution in [3.05, 3.63) is 0 Å². The maximum atomic E-state index is 12.0. The SMILES string of the molecule is CC(C)CN1CCN(S(=O)(=O)CC(C)C)CC1. The van der Waals surface area contributed by atoms with Crippen LogP contribution < -0.4 is 0 Å². The van der Waals surface area contributed by atoms with Gasteiger partial charge in [0.1, 0.15) is 0 Å². The highest BCUT2D eigenvalue weighted by atomic mass is 32.2. The van der Waals surface area contributed by atoms with Gasteiger partial charge in [-0.3, -0.25) is 0 Å². The van der Waals surface area contributed by atoms with Crippen molar-refractivity contribution < 1.29 is 8.42 Å². The summed E-state index contributed by atoms with van der Waals surface area (Å²) in [6.45, 7) is 12.4. The van der Waals surface area contributed by atoms with Crippen LogP contribution in [0.5, 0.6) is 0 Å². The summed E-state index contributed by atoms with van der Waals surface area (Å²) in [4.78, 5) is 2.35. The van der Waals surface area contributed by atoms with Gasteiger partial charge in [0.25, 0.3) is 0 Å². The summed E-state index contributed by atoms with van der Waals surface area (Å²) in [6, 6.07) is 0. The lowest BCUT2D eigenvalue weighted by Crippen LogP contribution is -2.50. The number of sulfonamides is 1. The molecule has 0 amide bonds. The van der Waals surface area contributed by atoms with Crippen molar-refractivity contribution in [1.82, 2.24) is 9.21 Å². The molecule has 0 saturated carbocycles. The van der Waals surface area contributed by atoms with Gasteiger partial charge in [0.2, 0.25) is 10.0 Å². The smallest absolute Gasteiger partial charge is 0.214 e. The Labute approximate surface area is 106 Å². The summed E-state index contributed by atoms with van der Waals surface area (Å²) >= 11 is 0. The Hall–Kier alpha value is -0.130. The van der Waals surface area contributed by atoms with E-state index < -0.39 is 10.0 Å². The van der Waals surface area contributed by atoms with Crippen molar-refractivity contribution in [2.24, 2.45) is 11.8 Å². The van der Waals surface area contributed by atoms with Gasteiger partial charge < -0.3 is 4.90 Å². The zero-order chi connectivity index (χ0) is 13.1. The van der Waals surface area contributed by atoms with Crippen LogP contribution in [0.3, 0.4) is 0 Å². The summed E-state index contributed by atoms with van der Waals surface area (Å²) in [6.07, 6.45) is 0. The summed E-state index contributed by atoms with van der Waals surface area (Å²) in [5.41, 5.74) is 0. The topological polar surface area (TPSA) is 40.6 Å². The van der Waals surface area contributed by atoms with Crippen LogP contribution in [-0.4, -0.2) is 56.1 Å². The fourth-order valence-electron chi connectivity index (χ4n) is 2.23. The van der Waals surface area contributed by atoms with Gasteiger partial charge in [0.05, 0.1) is 5.75 Å². The third-order valence-electron chi connectivity index (χ3n) is 2.89. The Kier molecular flexibility index (Phi) is 5.41. The van der Waals surface area contributed by atoms with E-state index in [9.17, 15) is 8.42 Å². The quantitative estimate of drug-likeness (QED) is 0.748. The van der Waals surface area contributed by atoms with Crippen molar-refractivity contribution in [3.8, 4) is 0 Å². The summed E-state index contributed by atoms with van der Waals surface area (Å²) in [5.74, 6) is 1.12. The lowest BCUT2D eigenvalue weighted by Gasteiger charge is -2.35. The highest BCUT2D eigenvalue weighted by Crippen LogP contribution is 2.12. The zero-order valence-corrected chi connectivity index (χ0v) is 12.3. The van der Waals surface area contributed by atoms with Crippen LogP contribution in [0.15, 0.2) is 0 Å². The number of rotatable bonds is 5. The van der Waals surface area contributed by atoms with E-state index in [4.69, 9.17) is 0 Å². The van der Waals surface area contributed by atoms with Crippen molar-refractivity contribution in [1.29, 1.82) is 0 Å². The third-order valence-corrected chi connectivity index (χ3v) is 5.13. The molecule has 4 nitrogen and oxygen atoms in total. The van der Waals surface area contributed by atoms with Gasteiger partial charge in [0, 0.05) is 32.7 Å². The van der Waals surface area contributed by atoms with Gasteiger partial charge >= 0.3 is 0 Å². The van der Waals surface area contributed by atoms with Gasteiger partial charge in [0.15, 0.2) is 0 Å². The number of hydrogen-bond donors (Lipinski definition) is 0. The average molecular weight is 262 g/mol. The maximum absolute atomic E-state index is 12.0. The largest absolute Gasteiger partial charge is 0.300 e. The minimum absolute atomic E-state index is 0.202. The molecular weight excluding hydrogens is 236 g/mol. The molecule has 1 rings (SSSR count). The lowest BCUT2D eigenvalue weighted by molar-refractivity contribution is 0.172. The minimum Gasteiger partial charge on any atom is -0.300 e. The fraction of sp³-hybridized carbons (Fsp3) is 1.00. The Morgan fingerprint density at radius 3 is 1.88 bits per heavy atom. The first-order chi connectivity index (χ1) is 7.81. The fourth-order valence-corrected chi connectivity index (χ4v) is 4.01. The Bertz CT molecular complexity index is 317. The van der Waals surface area contributed by atoms with Gasteiger partial charge in [-0.1, -0.05) is 27.7 Å². The van der Waals surface area contributed by atoms with Gasteiger partial charge in [-0.15, -0.1) is 0 Å². The molecule has 1 fully saturated rings. The third kappa shape index (κ3) is 4.94. The normalized spacial score (nSPS) is 20.4. The molecule has 0 aromatic heterocycles. The van der Waals surface area contributed by atoms with Crippen LogP contribution in [0.1, 0.15) is 27.7 Å². The first kappa shape index (κ1) is 14.9. The van der Waals surface area contributed by atoms with Crippen LogP contribution in [0.2, 0.25) is 0 Å². The predicted molar refractivity (Wildman–Crippen MR) is 71.5 cm³/mol. The van der Waals surface area contributed by atoms with Crippen molar-refractivity contribution in [2.45, 2.75) is 27.7 Å². The Morgan fingerprint density at radius 2 is 1.47 bits per heavy atom. The number of nitrogens with zero attached hydrogens (tertiary/aromatic N) is 2. The van der Waals surface area contributed by atoms with E-state index in [1.54, 1.807) is 4.31 Å². The monoisotopic (exact) mass is 262 g/mol. The number of hydrogen-bond acceptors (Lipinski definition) is 3. The van der Waals surface area contributed by atoms with Crippen LogP contribution in [0.25, 0.3) is 0 Å². The molecule has 0 atom stereocenters. The zero-order valence-electron chi connectivity index (χ0n) is 11.5. The molecule has 0 spiro atoms. The lowest BCUT2D eigenvalue weighted by atomic mass is 10.2. The molecule has 5 heteroatoms. The molecule has 0 unspecified atom stereocenters. The molecule has 102 valence electrons. The Morgan fingerprint density at radius 1 is 0.941 bits per heavy atom. The van der Waals surface area contributed by atoms with Crippen molar-refractivity contribution in [3.63, 3.8) is 0 Å². The first-order valence-electron chi connectivity index (χ1n) is 6.51. The molecule has 1 aliphatic rings. The van der Waals surface area contributed by atoms with E-state index in [2.05, 4.69) is 18.7 Å². The highest BCUT2D eigenvalue weighted by molar-refractivity contribution is 7.89. The molecule has 17 heavy (non-hydrogen) atoms. The minimum atomic E-state index is -3.03. The standard InChI is InChI=1S/C12H26N2O2S/c1-11(2)9-13-5-7-14(8-6-13)17(15,16)10-12(3)4/h11-12H,5-10H2,1-4H3. The van der Waals surface area contributed by atoms with E-state index in [0.29, 0.717) is 19.0 Å². The van der Waals surface area contributed by atoms with E-state index in [0.717, 1.165) is 19.6 Å². The molecule has 0 N–H and O–H groups in total. The summed E-state index contributed by atoms with van der Waals surface area (Å²) in [7, 11) is -3.03. The molecule has 1 heterocycles. The maximum Gasteiger partial charge on any atom is 0.214 e. The van der Waals surface area contributed by atoms with Crippen molar-refractivity contribution in [2.75, 3.05) is 38.5 Å². The predicted octanol–water partition coefficient (Wildman–Crippen LogP) is 1.25. The Balaban J connectivity index is 2.46. The van der Waals surface area contributed by atoms with Crippen LogP contribution in [0, 0.1) is 11.8 Å². The van der Waals surface area contributed by atoms with E-state index in [-0.39, 0.29) is 11.7 Å². The second-order valence-corrected chi connectivity index (χ2v) is 7.78. The molecule has 0 aromatic rings. The molecule has 1 saturated heterocycles. The molecule has 0 aromatic carbocycles. The van der Waals surface area contributed by atoms with Gasteiger partial charge in [-0.25, -0.2) is 8.42 Å². The highest BCUT2D eigenvalue weighted by Gasteiger charge is 2.27. The summed E-state index contributed by atoms with van der Waals surface area (Å²) < 4.78 is 25.7. The molecular formula is C12H26N2O2S. The second kappa shape index (κ2) is 6.16. The van der Waals surface area contributed by atoms with E-state index in [1.165, 1.54) is 0 Å². The first-order valence-corrected chi connectivity index (χ1v) is 8.12. The second-order valence-electron chi connectivity index (χ2n) is 5.77.